The van der Waals surface area contributed by atoms with Crippen LogP contribution >= 0.6 is 0 Å². The van der Waals surface area contributed by atoms with Crippen LogP contribution in [0.4, 0.5) is 11.6 Å². The lowest BCUT2D eigenvalue weighted by Gasteiger charge is -2.16. The van der Waals surface area contributed by atoms with Crippen molar-refractivity contribution >= 4 is 28.4 Å². The molecule has 0 aromatic carbocycles. The summed E-state index contributed by atoms with van der Waals surface area (Å²) >= 11 is 0. The predicted octanol–water partition coefficient (Wildman–Crippen LogP) is 2.77. The van der Waals surface area contributed by atoms with Crippen molar-refractivity contribution < 1.29 is 9.90 Å². The van der Waals surface area contributed by atoms with Crippen LogP contribution in [0.3, 0.4) is 0 Å². The first-order valence-electron chi connectivity index (χ1n) is 10.6. The molecule has 2 atom stereocenters. The minimum atomic E-state index is -0.791. The van der Waals surface area contributed by atoms with Gasteiger partial charge in [-0.15, -0.1) is 10.2 Å². The summed E-state index contributed by atoms with van der Waals surface area (Å²) < 4.78 is 0. The number of fused-ring (bicyclic) bond motifs is 1. The largest absolute Gasteiger partial charge is 0.390 e. The number of aliphatic hydroxyl groups is 1. The van der Waals surface area contributed by atoms with Gasteiger partial charge in [0.15, 0.2) is 11.6 Å². The van der Waals surface area contributed by atoms with Gasteiger partial charge >= 0.3 is 0 Å². The van der Waals surface area contributed by atoms with Crippen molar-refractivity contribution in [2.75, 3.05) is 17.7 Å². The Balaban J connectivity index is 1.63. The second-order valence-electron chi connectivity index (χ2n) is 8.86. The number of hydrogen-bond acceptors (Lipinski definition) is 7. The number of nitrogens with one attached hydrogen (secondary N) is 2. The van der Waals surface area contributed by atoms with E-state index in [1.165, 1.54) is 0 Å². The fraction of sp³-hybridized carbons (Fsp3) is 0.375. The highest BCUT2D eigenvalue weighted by atomic mass is 16.3. The van der Waals surface area contributed by atoms with Gasteiger partial charge in [0.25, 0.3) is 0 Å². The molecule has 3 aromatic heterocycles. The maximum Gasteiger partial charge on any atom is 0.228 e. The monoisotopic (exact) mass is 430 g/mol. The number of nitrogens with zero attached hydrogens (tertiary/aromatic N) is 4. The molecule has 1 amide bonds. The molecule has 0 saturated heterocycles. The summed E-state index contributed by atoms with van der Waals surface area (Å²) in [4.78, 5) is 21.1. The van der Waals surface area contributed by atoms with Crippen LogP contribution in [0.2, 0.25) is 0 Å². The quantitative estimate of drug-likeness (QED) is 0.534. The van der Waals surface area contributed by atoms with E-state index >= 15 is 0 Å². The molecule has 1 aliphatic rings. The SMILES string of the molecule is CNc1ncc(C#Cc2ccc(CC(C)(C)O)cn2)c2cc(NC(=O)[C@H]3C[C@H]3C)nnc12. The number of aromatic nitrogens is 4. The van der Waals surface area contributed by atoms with Gasteiger partial charge in [-0.1, -0.05) is 18.9 Å². The molecule has 0 spiro atoms. The van der Waals surface area contributed by atoms with Crippen LogP contribution in [0.15, 0.2) is 30.6 Å². The summed E-state index contributed by atoms with van der Waals surface area (Å²) in [5.41, 5.74) is 1.99. The van der Waals surface area contributed by atoms with Crippen molar-refractivity contribution in [3.05, 3.63) is 47.4 Å². The summed E-state index contributed by atoms with van der Waals surface area (Å²) in [7, 11) is 1.76. The number of rotatable bonds is 5. The fourth-order valence-electron chi connectivity index (χ4n) is 3.52. The van der Waals surface area contributed by atoms with Gasteiger partial charge in [-0.05, 0) is 49.8 Å². The molecule has 3 N–H and O–H groups in total. The van der Waals surface area contributed by atoms with Gasteiger partial charge in [0.05, 0.1) is 11.2 Å². The van der Waals surface area contributed by atoms with Crippen LogP contribution in [-0.4, -0.2) is 43.8 Å². The van der Waals surface area contributed by atoms with E-state index < -0.39 is 5.60 Å². The predicted molar refractivity (Wildman–Crippen MR) is 123 cm³/mol. The molecule has 1 saturated carbocycles. The van der Waals surface area contributed by atoms with E-state index in [1.807, 2.05) is 12.1 Å². The van der Waals surface area contributed by atoms with E-state index in [1.54, 1.807) is 39.4 Å². The van der Waals surface area contributed by atoms with E-state index in [4.69, 9.17) is 0 Å². The molecule has 8 nitrogen and oxygen atoms in total. The van der Waals surface area contributed by atoms with Crippen molar-refractivity contribution in [1.29, 1.82) is 0 Å². The standard InChI is InChI=1S/C24H26N6O2/c1-14-9-18(14)23(31)28-20-10-19-16(13-27-22(25-4)21(19)30-29-20)6-8-17-7-5-15(12-26-17)11-24(2,3)32/h5,7,10,12-14,18,32H,9,11H2,1-4H3,(H,25,27)(H,28,29,31)/t14-,18+/m1/s1. The molecule has 0 radical (unpaired) electrons. The van der Waals surface area contributed by atoms with Crippen molar-refractivity contribution in [3.63, 3.8) is 0 Å². The summed E-state index contributed by atoms with van der Waals surface area (Å²) in [6, 6.07) is 5.51. The summed E-state index contributed by atoms with van der Waals surface area (Å²) in [6.45, 7) is 5.58. The van der Waals surface area contributed by atoms with Crippen LogP contribution in [0.25, 0.3) is 10.9 Å². The number of pyridine rings is 2. The summed E-state index contributed by atoms with van der Waals surface area (Å²) in [6.07, 6.45) is 4.81. The molecule has 0 aliphatic heterocycles. The number of amides is 1. The van der Waals surface area contributed by atoms with Crippen LogP contribution < -0.4 is 10.6 Å². The maximum absolute atomic E-state index is 12.3. The highest BCUT2D eigenvalue weighted by Gasteiger charge is 2.39. The van der Waals surface area contributed by atoms with Gasteiger partial charge in [-0.3, -0.25) is 4.79 Å². The Hall–Kier alpha value is -3.57. The lowest BCUT2D eigenvalue weighted by atomic mass is 10.00. The molecule has 164 valence electrons. The van der Waals surface area contributed by atoms with Crippen molar-refractivity contribution in [3.8, 4) is 11.8 Å². The zero-order valence-electron chi connectivity index (χ0n) is 18.6. The third-order valence-corrected chi connectivity index (χ3v) is 5.35. The Kier molecular flexibility index (Phi) is 5.76. The van der Waals surface area contributed by atoms with Gasteiger partial charge in [0.1, 0.15) is 11.2 Å². The van der Waals surface area contributed by atoms with Crippen molar-refractivity contribution in [2.24, 2.45) is 11.8 Å². The van der Waals surface area contributed by atoms with Gasteiger partial charge in [0.2, 0.25) is 5.91 Å². The Bertz CT molecular complexity index is 1220. The molecule has 1 aliphatic carbocycles. The minimum Gasteiger partial charge on any atom is -0.390 e. The molecule has 8 heteroatoms. The van der Waals surface area contributed by atoms with Gasteiger partial charge in [0, 0.05) is 37.2 Å². The Labute approximate surface area is 186 Å². The molecular weight excluding hydrogens is 404 g/mol. The van der Waals surface area contributed by atoms with E-state index in [0.717, 1.165) is 17.4 Å². The highest BCUT2D eigenvalue weighted by molar-refractivity contribution is 5.97. The first kappa shape index (κ1) is 21.7. The van der Waals surface area contributed by atoms with Crippen LogP contribution in [0, 0.1) is 23.7 Å². The summed E-state index contributed by atoms with van der Waals surface area (Å²) in [5.74, 6) is 7.57. The fourth-order valence-corrected chi connectivity index (χ4v) is 3.52. The number of hydrogen-bond donors (Lipinski definition) is 3. The third-order valence-electron chi connectivity index (χ3n) is 5.35. The number of carbonyl (C=O) groups excluding carboxylic acids is 1. The molecule has 32 heavy (non-hydrogen) atoms. The highest BCUT2D eigenvalue weighted by Crippen LogP contribution is 2.38. The molecular formula is C24H26N6O2. The van der Waals surface area contributed by atoms with E-state index in [2.05, 4.69) is 49.6 Å². The molecule has 0 unspecified atom stereocenters. The maximum atomic E-state index is 12.3. The van der Waals surface area contributed by atoms with E-state index in [-0.39, 0.29) is 11.8 Å². The Morgan fingerprint density at radius 2 is 2.00 bits per heavy atom. The zero-order chi connectivity index (χ0) is 22.9. The Morgan fingerprint density at radius 1 is 1.22 bits per heavy atom. The van der Waals surface area contributed by atoms with Gasteiger partial charge in [-0.2, -0.15) is 0 Å². The molecule has 3 aromatic rings. The lowest BCUT2D eigenvalue weighted by Crippen LogP contribution is -2.21. The first-order valence-corrected chi connectivity index (χ1v) is 10.6. The van der Waals surface area contributed by atoms with Gasteiger partial charge in [-0.25, -0.2) is 9.97 Å². The normalized spacial score (nSPS) is 17.4. The topological polar surface area (TPSA) is 113 Å². The van der Waals surface area contributed by atoms with Crippen molar-refractivity contribution in [1.82, 2.24) is 20.2 Å². The average molecular weight is 431 g/mol. The van der Waals surface area contributed by atoms with Gasteiger partial charge < -0.3 is 15.7 Å². The van der Waals surface area contributed by atoms with E-state index in [0.29, 0.717) is 40.7 Å². The minimum absolute atomic E-state index is 0.0305. The van der Waals surface area contributed by atoms with Crippen molar-refractivity contribution in [2.45, 2.75) is 39.2 Å². The zero-order valence-corrected chi connectivity index (χ0v) is 18.6. The second-order valence-corrected chi connectivity index (χ2v) is 8.86. The Morgan fingerprint density at radius 3 is 2.62 bits per heavy atom. The van der Waals surface area contributed by atoms with Crippen LogP contribution in [0.5, 0.6) is 0 Å². The second kappa shape index (κ2) is 8.52. The smallest absolute Gasteiger partial charge is 0.228 e. The molecule has 3 heterocycles. The average Bonchev–Trinajstić information content (AvgIpc) is 3.48. The lowest BCUT2D eigenvalue weighted by molar-refractivity contribution is -0.117. The number of anilines is 2. The third kappa shape index (κ3) is 5.01. The summed E-state index contributed by atoms with van der Waals surface area (Å²) in [5, 5.41) is 25.0. The van der Waals surface area contributed by atoms with Crippen LogP contribution in [-0.2, 0) is 11.2 Å². The van der Waals surface area contributed by atoms with E-state index in [9.17, 15) is 9.90 Å². The molecule has 0 bridgehead atoms. The van der Waals surface area contributed by atoms with Crippen LogP contribution in [0.1, 0.15) is 44.0 Å². The number of carbonyl (C=O) groups is 1. The first-order chi connectivity index (χ1) is 15.2. The molecule has 4 rings (SSSR count). The molecule has 1 fully saturated rings.